The summed E-state index contributed by atoms with van der Waals surface area (Å²) >= 11 is 0. The van der Waals surface area contributed by atoms with Crippen LogP contribution in [0.1, 0.15) is 34.6 Å². The van der Waals surface area contributed by atoms with E-state index >= 15 is 0 Å². The van der Waals surface area contributed by atoms with Gasteiger partial charge in [-0.15, -0.1) is 0 Å². The van der Waals surface area contributed by atoms with E-state index in [4.69, 9.17) is 20.6 Å². The predicted molar refractivity (Wildman–Crippen MR) is 71.8 cm³/mol. The molecule has 0 unspecified atom stereocenters. The summed E-state index contributed by atoms with van der Waals surface area (Å²) in [6.07, 6.45) is 0. The highest BCUT2D eigenvalue weighted by molar-refractivity contribution is 5.84. The number of nitriles is 1. The minimum absolute atomic E-state index is 0.184. The third kappa shape index (κ3) is 7.78. The SMILES string of the molecule is CC(C)(C)OCCOCCN(N)C(=O)C(C)(C)C#N. The fourth-order valence-electron chi connectivity index (χ4n) is 1.18. The first-order chi connectivity index (χ1) is 8.60. The van der Waals surface area contributed by atoms with E-state index in [-0.39, 0.29) is 12.1 Å². The van der Waals surface area contributed by atoms with Crippen LogP contribution in [-0.2, 0) is 14.3 Å². The monoisotopic (exact) mass is 271 g/mol. The second-order valence-corrected chi connectivity index (χ2v) is 5.81. The van der Waals surface area contributed by atoms with Gasteiger partial charge in [0, 0.05) is 0 Å². The topological polar surface area (TPSA) is 88.6 Å². The molecule has 0 aliphatic rings. The zero-order valence-corrected chi connectivity index (χ0v) is 12.5. The van der Waals surface area contributed by atoms with Gasteiger partial charge in [0.1, 0.15) is 5.41 Å². The number of ether oxygens (including phenoxy) is 2. The van der Waals surface area contributed by atoms with Gasteiger partial charge in [-0.05, 0) is 34.6 Å². The lowest BCUT2D eigenvalue weighted by molar-refractivity contribution is -0.138. The number of rotatable bonds is 7. The maximum Gasteiger partial charge on any atom is 0.256 e. The molecule has 0 saturated carbocycles. The van der Waals surface area contributed by atoms with Gasteiger partial charge >= 0.3 is 0 Å². The first-order valence-corrected chi connectivity index (χ1v) is 6.30. The zero-order valence-electron chi connectivity index (χ0n) is 12.5. The molecule has 0 spiro atoms. The lowest BCUT2D eigenvalue weighted by atomic mass is 9.94. The predicted octanol–water partition coefficient (Wildman–Crippen LogP) is 1.07. The van der Waals surface area contributed by atoms with E-state index in [9.17, 15) is 4.79 Å². The third-order valence-corrected chi connectivity index (χ3v) is 2.31. The van der Waals surface area contributed by atoms with Crippen LogP contribution in [0.15, 0.2) is 0 Å². The molecule has 1 amide bonds. The standard InChI is InChI=1S/C13H25N3O3/c1-12(2,3)19-9-8-18-7-6-16(15)11(17)13(4,5)10-14/h6-9,15H2,1-5H3. The highest BCUT2D eigenvalue weighted by Crippen LogP contribution is 2.15. The Morgan fingerprint density at radius 3 is 2.26 bits per heavy atom. The molecule has 0 rings (SSSR count). The van der Waals surface area contributed by atoms with Gasteiger partial charge in [-0.25, -0.2) is 5.84 Å². The van der Waals surface area contributed by atoms with Crippen molar-refractivity contribution in [3.05, 3.63) is 0 Å². The number of hydrogen-bond donors (Lipinski definition) is 1. The summed E-state index contributed by atoms with van der Waals surface area (Å²) in [6.45, 7) is 10.5. The van der Waals surface area contributed by atoms with Crippen molar-refractivity contribution < 1.29 is 14.3 Å². The van der Waals surface area contributed by atoms with E-state index in [1.54, 1.807) is 0 Å². The molecule has 110 valence electrons. The van der Waals surface area contributed by atoms with Crippen molar-refractivity contribution in [3.63, 3.8) is 0 Å². The van der Waals surface area contributed by atoms with Gasteiger partial charge in [-0.2, -0.15) is 5.26 Å². The van der Waals surface area contributed by atoms with Crippen LogP contribution in [0, 0.1) is 16.7 Å². The number of carbonyl (C=O) groups is 1. The minimum Gasteiger partial charge on any atom is -0.377 e. The molecule has 0 aromatic rings. The number of hydrazine groups is 1. The maximum absolute atomic E-state index is 11.7. The van der Waals surface area contributed by atoms with Crippen LogP contribution < -0.4 is 5.84 Å². The molecule has 0 fully saturated rings. The molecule has 0 bridgehead atoms. The Morgan fingerprint density at radius 2 is 1.79 bits per heavy atom. The van der Waals surface area contributed by atoms with Gasteiger partial charge in [-0.1, -0.05) is 0 Å². The second-order valence-electron chi connectivity index (χ2n) is 5.81. The Kier molecular flexibility index (Phi) is 6.98. The summed E-state index contributed by atoms with van der Waals surface area (Å²) in [7, 11) is 0. The summed E-state index contributed by atoms with van der Waals surface area (Å²) in [6, 6.07) is 1.92. The van der Waals surface area contributed by atoms with E-state index in [0.29, 0.717) is 19.8 Å². The second kappa shape index (κ2) is 7.43. The molecular formula is C13H25N3O3. The highest BCUT2D eigenvalue weighted by Gasteiger charge is 2.30. The summed E-state index contributed by atoms with van der Waals surface area (Å²) in [5.74, 6) is 5.17. The number of nitrogens with zero attached hydrogens (tertiary/aromatic N) is 2. The number of hydrogen-bond acceptors (Lipinski definition) is 5. The highest BCUT2D eigenvalue weighted by atomic mass is 16.5. The number of amides is 1. The average Bonchev–Trinajstić information content (AvgIpc) is 2.30. The van der Waals surface area contributed by atoms with E-state index in [0.717, 1.165) is 5.01 Å². The average molecular weight is 271 g/mol. The van der Waals surface area contributed by atoms with Crippen molar-refractivity contribution in [1.82, 2.24) is 5.01 Å². The Balaban J connectivity index is 3.80. The third-order valence-electron chi connectivity index (χ3n) is 2.31. The molecule has 6 nitrogen and oxygen atoms in total. The van der Waals surface area contributed by atoms with E-state index in [1.807, 2.05) is 26.8 Å². The fourth-order valence-corrected chi connectivity index (χ4v) is 1.18. The van der Waals surface area contributed by atoms with Crippen LogP contribution in [0.4, 0.5) is 0 Å². The van der Waals surface area contributed by atoms with Gasteiger partial charge in [0.25, 0.3) is 5.91 Å². The smallest absolute Gasteiger partial charge is 0.256 e. The molecule has 6 heteroatoms. The molecular weight excluding hydrogens is 246 g/mol. The lowest BCUT2D eigenvalue weighted by Gasteiger charge is -2.23. The molecule has 0 saturated heterocycles. The largest absolute Gasteiger partial charge is 0.377 e. The maximum atomic E-state index is 11.7. The van der Waals surface area contributed by atoms with Crippen LogP contribution in [0.5, 0.6) is 0 Å². The number of nitrogens with two attached hydrogens (primary N) is 1. The van der Waals surface area contributed by atoms with Gasteiger partial charge in [0.05, 0.1) is 38.0 Å². The van der Waals surface area contributed by atoms with Crippen molar-refractivity contribution >= 4 is 5.91 Å². The van der Waals surface area contributed by atoms with Crippen molar-refractivity contribution in [1.29, 1.82) is 5.26 Å². The normalized spacial score (nSPS) is 12.1. The van der Waals surface area contributed by atoms with Crippen molar-refractivity contribution in [2.75, 3.05) is 26.4 Å². The summed E-state index contributed by atoms with van der Waals surface area (Å²) in [5, 5.41) is 9.85. The van der Waals surface area contributed by atoms with E-state index in [2.05, 4.69) is 0 Å². The Labute approximate surface area is 115 Å². The number of carbonyl (C=O) groups excluding carboxylic acids is 1. The van der Waals surface area contributed by atoms with Crippen molar-refractivity contribution in [2.24, 2.45) is 11.3 Å². The molecule has 2 N–H and O–H groups in total. The van der Waals surface area contributed by atoms with Gasteiger partial charge in [-0.3, -0.25) is 9.80 Å². The molecule has 0 aromatic heterocycles. The van der Waals surface area contributed by atoms with Gasteiger partial charge in [0.15, 0.2) is 0 Å². The van der Waals surface area contributed by atoms with Crippen LogP contribution in [0.25, 0.3) is 0 Å². The molecule has 19 heavy (non-hydrogen) atoms. The van der Waals surface area contributed by atoms with Crippen molar-refractivity contribution in [3.8, 4) is 6.07 Å². The summed E-state index contributed by atoms with van der Waals surface area (Å²) in [4.78, 5) is 11.7. The fraction of sp³-hybridized carbons (Fsp3) is 0.846. The van der Waals surface area contributed by atoms with Gasteiger partial charge in [0.2, 0.25) is 0 Å². The minimum atomic E-state index is -1.11. The molecule has 0 radical (unpaired) electrons. The molecule has 0 aromatic carbocycles. The van der Waals surface area contributed by atoms with Crippen LogP contribution in [0.2, 0.25) is 0 Å². The molecule has 0 atom stereocenters. The molecule has 0 heterocycles. The van der Waals surface area contributed by atoms with E-state index in [1.165, 1.54) is 13.8 Å². The quantitative estimate of drug-likeness (QED) is 0.324. The first-order valence-electron chi connectivity index (χ1n) is 6.30. The van der Waals surface area contributed by atoms with Crippen LogP contribution in [0.3, 0.4) is 0 Å². The summed E-state index contributed by atoms with van der Waals surface area (Å²) in [5.41, 5.74) is -1.29. The summed E-state index contributed by atoms with van der Waals surface area (Å²) < 4.78 is 10.8. The van der Waals surface area contributed by atoms with Crippen LogP contribution in [-0.4, -0.2) is 42.9 Å². The zero-order chi connectivity index (χ0) is 15.1. The Hall–Kier alpha value is -1.16. The lowest BCUT2D eigenvalue weighted by Crippen LogP contribution is -2.46. The molecule has 0 aliphatic carbocycles. The van der Waals surface area contributed by atoms with E-state index < -0.39 is 11.3 Å². The Morgan fingerprint density at radius 1 is 1.21 bits per heavy atom. The first kappa shape index (κ1) is 17.8. The van der Waals surface area contributed by atoms with Gasteiger partial charge < -0.3 is 9.47 Å². The van der Waals surface area contributed by atoms with Crippen molar-refractivity contribution in [2.45, 2.75) is 40.2 Å². The van der Waals surface area contributed by atoms with Crippen LogP contribution >= 0.6 is 0 Å². The Bertz CT molecular complexity index is 329. The molecule has 0 aliphatic heterocycles.